The molecule has 0 bridgehead atoms. The third kappa shape index (κ3) is 5.45. The molecule has 0 radical (unpaired) electrons. The van der Waals surface area contributed by atoms with Gasteiger partial charge in [0.2, 0.25) is 0 Å². The van der Waals surface area contributed by atoms with E-state index in [9.17, 15) is 18.0 Å². The van der Waals surface area contributed by atoms with E-state index in [1.807, 2.05) is 11.8 Å². The van der Waals surface area contributed by atoms with Crippen LogP contribution in [0.3, 0.4) is 0 Å². The van der Waals surface area contributed by atoms with E-state index in [1.165, 1.54) is 12.4 Å². The fourth-order valence-electron chi connectivity index (χ4n) is 5.44. The number of hydrogen-bond donors (Lipinski definition) is 2. The number of carbonyl (C=O) groups is 1. The smallest absolute Gasteiger partial charge is 0.266 e. The van der Waals surface area contributed by atoms with Crippen LogP contribution >= 0.6 is 0 Å². The number of alkyl halides is 2. The largest absolute Gasteiger partial charge is 0.368 e. The first kappa shape index (κ1) is 27.8. The normalized spacial score (nSPS) is 20.6. The molecule has 2 aliphatic heterocycles. The molecule has 0 saturated carbocycles. The number of nitrogens with two attached hydrogens (primary N) is 1. The molecule has 6 nitrogen and oxygen atoms in total. The Morgan fingerprint density at radius 2 is 1.75 bits per heavy atom. The van der Waals surface area contributed by atoms with E-state index < -0.39 is 64.8 Å². The molecule has 0 unspecified atom stereocenters. The molecule has 2 aromatic carbocycles. The highest BCUT2D eigenvalue weighted by Gasteiger charge is 2.39. The van der Waals surface area contributed by atoms with E-state index >= 15 is 13.2 Å². The molecule has 5 rings (SSSR count). The zero-order valence-electron chi connectivity index (χ0n) is 21.5. The van der Waals surface area contributed by atoms with Crippen LogP contribution in [0.2, 0.25) is 0 Å². The van der Waals surface area contributed by atoms with Crippen molar-refractivity contribution in [1.29, 1.82) is 0 Å². The van der Waals surface area contributed by atoms with Crippen LogP contribution in [-0.4, -0.2) is 49.0 Å². The van der Waals surface area contributed by atoms with Gasteiger partial charge in [-0.05, 0) is 42.7 Å². The summed E-state index contributed by atoms with van der Waals surface area (Å²) in [5.41, 5.74) is 4.05. The van der Waals surface area contributed by atoms with E-state index in [0.29, 0.717) is 18.8 Å². The van der Waals surface area contributed by atoms with Gasteiger partial charge in [0.15, 0.2) is 0 Å². The summed E-state index contributed by atoms with van der Waals surface area (Å²) in [4.78, 5) is 20.2. The van der Waals surface area contributed by atoms with Crippen molar-refractivity contribution in [3.8, 4) is 11.1 Å². The second kappa shape index (κ2) is 10.6. The molecule has 0 spiro atoms. The van der Waals surface area contributed by atoms with Crippen molar-refractivity contribution in [1.82, 2.24) is 4.98 Å². The monoisotopic (exact) mass is 563 g/mol. The molecule has 1 amide bonds. The lowest BCUT2D eigenvalue weighted by molar-refractivity contribution is 0.0257. The van der Waals surface area contributed by atoms with Gasteiger partial charge in [0.1, 0.15) is 23.3 Å². The number of hydrogen-bond acceptors (Lipinski definition) is 5. The van der Waals surface area contributed by atoms with Crippen LogP contribution in [0.4, 0.5) is 43.4 Å². The third-order valence-corrected chi connectivity index (χ3v) is 7.23. The number of nitrogens with one attached hydrogen (secondary N) is 1. The molecule has 40 heavy (non-hydrogen) atoms. The topological polar surface area (TPSA) is 74.5 Å². The second-order valence-electron chi connectivity index (χ2n) is 10.4. The van der Waals surface area contributed by atoms with Gasteiger partial charge in [-0.25, -0.2) is 26.3 Å². The van der Waals surface area contributed by atoms with Crippen molar-refractivity contribution < 1.29 is 31.1 Å². The summed E-state index contributed by atoms with van der Waals surface area (Å²) in [6.07, 6.45) is 3.26. The first-order valence-corrected chi connectivity index (χ1v) is 12.8. The quantitative estimate of drug-likeness (QED) is 0.397. The van der Waals surface area contributed by atoms with Gasteiger partial charge >= 0.3 is 0 Å². The Kier molecular flexibility index (Phi) is 7.38. The standard InChI is InChI=1S/C28H27F6N5O/c1-15-8-16(35)13-39(12-15)23-4-6-36-11-22(23)37-27(40)18-2-3-19(29)25(26(18)32)24-20(30)9-17(10-21(24)31)38-7-5-28(33,34)14-38/h2-4,6,9-11,15-16H,5,7-8,12-14,35H2,1H3,(H,37,40)/t15-,16+/m1/s1. The average Bonchev–Trinajstić information content (AvgIpc) is 3.24. The van der Waals surface area contributed by atoms with Crippen molar-refractivity contribution in [2.24, 2.45) is 11.7 Å². The minimum Gasteiger partial charge on any atom is -0.368 e. The third-order valence-electron chi connectivity index (χ3n) is 7.23. The number of carbonyl (C=O) groups excluding carboxylic acids is 1. The average molecular weight is 564 g/mol. The summed E-state index contributed by atoms with van der Waals surface area (Å²) in [6, 6.07) is 4.69. The fourth-order valence-corrected chi connectivity index (χ4v) is 5.44. The Morgan fingerprint density at radius 1 is 1.02 bits per heavy atom. The predicted octanol–water partition coefficient (Wildman–Crippen LogP) is 5.58. The zero-order valence-corrected chi connectivity index (χ0v) is 21.5. The van der Waals surface area contributed by atoms with Crippen LogP contribution in [0.15, 0.2) is 42.7 Å². The first-order valence-electron chi connectivity index (χ1n) is 12.8. The van der Waals surface area contributed by atoms with Gasteiger partial charge in [0, 0.05) is 44.0 Å². The molecule has 0 aliphatic carbocycles. The number of rotatable bonds is 5. The van der Waals surface area contributed by atoms with Crippen LogP contribution in [-0.2, 0) is 0 Å². The molecule has 2 fully saturated rings. The van der Waals surface area contributed by atoms with Gasteiger partial charge in [-0.1, -0.05) is 6.92 Å². The maximum absolute atomic E-state index is 15.6. The van der Waals surface area contributed by atoms with Crippen LogP contribution in [0.25, 0.3) is 11.1 Å². The molecule has 3 heterocycles. The van der Waals surface area contributed by atoms with Crippen LogP contribution in [0.1, 0.15) is 30.1 Å². The van der Waals surface area contributed by atoms with E-state index in [4.69, 9.17) is 5.73 Å². The minimum atomic E-state index is -3.02. The highest BCUT2D eigenvalue weighted by atomic mass is 19.3. The molecule has 1 aromatic heterocycles. The zero-order chi connectivity index (χ0) is 28.8. The summed E-state index contributed by atoms with van der Waals surface area (Å²) < 4.78 is 87.8. The Bertz CT molecular complexity index is 1420. The number of aromatic nitrogens is 1. The summed E-state index contributed by atoms with van der Waals surface area (Å²) in [6.45, 7) is 2.37. The molecule has 3 N–H and O–H groups in total. The molecule has 2 atom stereocenters. The number of halogens is 6. The van der Waals surface area contributed by atoms with Crippen molar-refractivity contribution >= 4 is 23.0 Å². The molecular formula is C28H27F6N5O. The number of benzene rings is 2. The highest BCUT2D eigenvalue weighted by molar-refractivity contribution is 6.06. The number of amides is 1. The molecular weight excluding hydrogens is 536 g/mol. The summed E-state index contributed by atoms with van der Waals surface area (Å²) >= 11 is 0. The summed E-state index contributed by atoms with van der Waals surface area (Å²) in [5.74, 6) is -9.20. The van der Waals surface area contributed by atoms with Gasteiger partial charge in [0.25, 0.3) is 11.8 Å². The Morgan fingerprint density at radius 3 is 2.40 bits per heavy atom. The Balaban J connectivity index is 1.46. The van der Waals surface area contributed by atoms with Crippen molar-refractivity contribution in [3.05, 3.63) is 71.6 Å². The Hall–Kier alpha value is -3.80. The molecule has 3 aromatic rings. The number of anilines is 3. The van der Waals surface area contributed by atoms with Crippen LogP contribution in [0.5, 0.6) is 0 Å². The van der Waals surface area contributed by atoms with Crippen molar-refractivity contribution in [2.45, 2.75) is 31.7 Å². The fraction of sp³-hybridized carbons (Fsp3) is 0.357. The first-order chi connectivity index (χ1) is 18.9. The van der Waals surface area contributed by atoms with Gasteiger partial charge in [-0.3, -0.25) is 9.78 Å². The maximum atomic E-state index is 15.6. The molecule has 2 aliphatic rings. The van der Waals surface area contributed by atoms with E-state index in [-0.39, 0.29) is 29.9 Å². The summed E-state index contributed by atoms with van der Waals surface area (Å²) in [5, 5.41) is 2.56. The van der Waals surface area contributed by atoms with E-state index in [1.54, 1.807) is 6.07 Å². The number of pyridine rings is 1. The SMILES string of the molecule is C[C@@H]1C[C@H](N)CN(c2ccncc2NC(=O)c2ccc(F)c(-c3c(F)cc(N4CCC(F)(F)C4)cc3F)c2F)C1. The van der Waals surface area contributed by atoms with Crippen molar-refractivity contribution in [3.63, 3.8) is 0 Å². The maximum Gasteiger partial charge on any atom is 0.266 e. The Labute approximate surface area is 226 Å². The van der Waals surface area contributed by atoms with Gasteiger partial charge in [0.05, 0.1) is 40.8 Å². The number of piperidine rings is 1. The van der Waals surface area contributed by atoms with Crippen LogP contribution < -0.4 is 20.9 Å². The molecule has 212 valence electrons. The lowest BCUT2D eigenvalue weighted by Gasteiger charge is -2.37. The van der Waals surface area contributed by atoms with Crippen LogP contribution in [0, 0.1) is 29.2 Å². The second-order valence-corrected chi connectivity index (χ2v) is 10.4. The van der Waals surface area contributed by atoms with E-state index in [0.717, 1.165) is 35.6 Å². The van der Waals surface area contributed by atoms with E-state index in [2.05, 4.69) is 10.3 Å². The minimum absolute atomic E-state index is 0.0873. The molecule has 2 saturated heterocycles. The number of nitrogens with zero attached hydrogens (tertiary/aromatic N) is 3. The van der Waals surface area contributed by atoms with Gasteiger partial charge in [-0.2, -0.15) is 0 Å². The van der Waals surface area contributed by atoms with Crippen molar-refractivity contribution in [2.75, 3.05) is 41.3 Å². The lowest BCUT2D eigenvalue weighted by atomic mass is 9.96. The van der Waals surface area contributed by atoms with Gasteiger partial charge in [-0.15, -0.1) is 0 Å². The predicted molar refractivity (Wildman–Crippen MR) is 140 cm³/mol. The lowest BCUT2D eigenvalue weighted by Crippen LogP contribution is -2.46. The highest BCUT2D eigenvalue weighted by Crippen LogP contribution is 2.38. The molecule has 12 heteroatoms. The summed E-state index contributed by atoms with van der Waals surface area (Å²) in [7, 11) is 0. The van der Waals surface area contributed by atoms with Gasteiger partial charge < -0.3 is 20.9 Å².